The lowest BCUT2D eigenvalue weighted by Gasteiger charge is -2.38. The lowest BCUT2D eigenvalue weighted by atomic mass is 9.96. The molecule has 2 heterocycles. The summed E-state index contributed by atoms with van der Waals surface area (Å²) in [6.45, 7) is 2.92. The maximum atomic E-state index is 6.39. The van der Waals surface area contributed by atoms with Gasteiger partial charge in [0.1, 0.15) is 11.5 Å². The molecule has 31 heavy (non-hydrogen) atoms. The van der Waals surface area contributed by atoms with Gasteiger partial charge in [0.05, 0.1) is 18.4 Å². The van der Waals surface area contributed by atoms with Crippen molar-refractivity contribution in [2.24, 2.45) is 5.10 Å². The topological polar surface area (TPSA) is 34.1 Å². The van der Waals surface area contributed by atoms with Crippen LogP contribution in [0.2, 0.25) is 5.02 Å². The van der Waals surface area contributed by atoms with Crippen molar-refractivity contribution < 1.29 is 9.47 Å². The van der Waals surface area contributed by atoms with E-state index < -0.39 is 0 Å². The number of para-hydroxylation sites is 1. The molecular formula is C26H25ClN2O2. The summed E-state index contributed by atoms with van der Waals surface area (Å²) in [6.07, 6.45) is 2.74. The van der Waals surface area contributed by atoms with Crippen LogP contribution in [0.4, 0.5) is 0 Å². The minimum atomic E-state index is -0.286. The van der Waals surface area contributed by atoms with E-state index in [1.807, 2.05) is 48.5 Å². The number of benzene rings is 3. The van der Waals surface area contributed by atoms with E-state index in [9.17, 15) is 0 Å². The van der Waals surface area contributed by atoms with Crippen LogP contribution in [-0.4, -0.2) is 17.3 Å². The molecule has 0 fully saturated rings. The molecule has 2 atom stereocenters. The van der Waals surface area contributed by atoms with Crippen LogP contribution >= 0.6 is 11.6 Å². The van der Waals surface area contributed by atoms with E-state index in [0.717, 1.165) is 54.2 Å². The number of hydrogen-bond donors (Lipinski definition) is 0. The Labute approximate surface area is 188 Å². The lowest BCUT2D eigenvalue weighted by molar-refractivity contribution is -0.0190. The zero-order chi connectivity index (χ0) is 21.2. The summed E-state index contributed by atoms with van der Waals surface area (Å²) in [5.41, 5.74) is 4.38. The highest BCUT2D eigenvalue weighted by molar-refractivity contribution is 6.30. The number of hydrazone groups is 1. The van der Waals surface area contributed by atoms with Gasteiger partial charge in [0, 0.05) is 22.6 Å². The van der Waals surface area contributed by atoms with Crippen molar-refractivity contribution in [3.05, 3.63) is 94.5 Å². The van der Waals surface area contributed by atoms with E-state index in [1.165, 1.54) is 5.56 Å². The predicted molar refractivity (Wildman–Crippen MR) is 124 cm³/mol. The molecule has 5 heteroatoms. The average Bonchev–Trinajstić information content (AvgIpc) is 3.26. The third-order valence-electron chi connectivity index (χ3n) is 5.81. The smallest absolute Gasteiger partial charge is 0.213 e. The second kappa shape index (κ2) is 8.64. The molecule has 0 aliphatic carbocycles. The molecular weight excluding hydrogens is 408 g/mol. The van der Waals surface area contributed by atoms with E-state index in [2.05, 4.69) is 36.2 Å². The van der Waals surface area contributed by atoms with Crippen molar-refractivity contribution in [2.45, 2.75) is 38.5 Å². The summed E-state index contributed by atoms with van der Waals surface area (Å²) in [5.74, 6) is 1.82. The Morgan fingerprint density at radius 3 is 2.58 bits per heavy atom. The highest BCUT2D eigenvalue weighted by atomic mass is 35.5. The Hall–Kier alpha value is -2.98. The number of unbranched alkanes of at least 4 members (excludes halogenated alkanes) is 1. The first kappa shape index (κ1) is 20.0. The zero-order valence-corrected chi connectivity index (χ0v) is 18.3. The molecule has 0 N–H and O–H groups in total. The van der Waals surface area contributed by atoms with Gasteiger partial charge >= 0.3 is 0 Å². The number of hydrogen-bond acceptors (Lipinski definition) is 4. The molecule has 0 aromatic heterocycles. The van der Waals surface area contributed by atoms with Crippen LogP contribution in [-0.2, 0) is 0 Å². The van der Waals surface area contributed by atoms with Gasteiger partial charge in [-0.2, -0.15) is 5.10 Å². The Morgan fingerprint density at radius 2 is 1.81 bits per heavy atom. The van der Waals surface area contributed by atoms with Crippen molar-refractivity contribution in [2.75, 3.05) is 6.61 Å². The number of fused-ring (bicyclic) bond motifs is 3. The molecule has 2 aliphatic rings. The molecule has 4 nitrogen and oxygen atoms in total. The van der Waals surface area contributed by atoms with E-state index >= 15 is 0 Å². The van der Waals surface area contributed by atoms with E-state index in [-0.39, 0.29) is 12.3 Å². The van der Waals surface area contributed by atoms with Crippen molar-refractivity contribution in [3.8, 4) is 11.5 Å². The maximum absolute atomic E-state index is 6.39. The quantitative estimate of drug-likeness (QED) is 0.403. The van der Waals surface area contributed by atoms with Crippen molar-refractivity contribution >= 4 is 17.3 Å². The zero-order valence-electron chi connectivity index (χ0n) is 17.5. The second-order valence-corrected chi connectivity index (χ2v) is 8.37. The molecule has 0 bridgehead atoms. The summed E-state index contributed by atoms with van der Waals surface area (Å²) in [5, 5.41) is 7.82. The molecule has 0 unspecified atom stereocenters. The Morgan fingerprint density at radius 1 is 1.03 bits per heavy atom. The molecule has 0 saturated heterocycles. The molecule has 0 spiro atoms. The van der Waals surface area contributed by atoms with Crippen LogP contribution in [0.15, 0.2) is 77.9 Å². The third-order valence-corrected chi connectivity index (χ3v) is 6.06. The average molecular weight is 433 g/mol. The van der Waals surface area contributed by atoms with Gasteiger partial charge < -0.3 is 9.47 Å². The number of rotatable bonds is 6. The Balaban J connectivity index is 1.45. The normalized spacial score (nSPS) is 19.3. The highest BCUT2D eigenvalue weighted by Gasteiger charge is 2.40. The van der Waals surface area contributed by atoms with Crippen LogP contribution in [0.5, 0.6) is 11.5 Å². The molecule has 0 saturated carbocycles. The third kappa shape index (κ3) is 4.00. The van der Waals surface area contributed by atoms with Crippen LogP contribution < -0.4 is 9.47 Å². The molecule has 0 amide bonds. The van der Waals surface area contributed by atoms with Gasteiger partial charge in [0.15, 0.2) is 0 Å². The van der Waals surface area contributed by atoms with Gasteiger partial charge in [-0.3, -0.25) is 0 Å². The van der Waals surface area contributed by atoms with Gasteiger partial charge in [0.2, 0.25) is 6.23 Å². The van der Waals surface area contributed by atoms with Crippen molar-refractivity contribution in [1.29, 1.82) is 0 Å². The largest absolute Gasteiger partial charge is 0.494 e. The van der Waals surface area contributed by atoms with Crippen LogP contribution in [0, 0.1) is 0 Å². The fourth-order valence-corrected chi connectivity index (χ4v) is 4.26. The first-order chi connectivity index (χ1) is 15.2. The summed E-state index contributed by atoms with van der Waals surface area (Å²) in [6, 6.07) is 24.5. The molecule has 0 radical (unpaired) electrons. The summed E-state index contributed by atoms with van der Waals surface area (Å²) < 4.78 is 12.2. The van der Waals surface area contributed by atoms with Gasteiger partial charge in [0.25, 0.3) is 0 Å². The fraction of sp³-hybridized carbons (Fsp3) is 0.269. The molecule has 158 valence electrons. The van der Waals surface area contributed by atoms with E-state index in [0.29, 0.717) is 5.02 Å². The molecule has 2 aliphatic heterocycles. The number of halogens is 1. The van der Waals surface area contributed by atoms with Crippen LogP contribution in [0.1, 0.15) is 55.1 Å². The Kier molecular flexibility index (Phi) is 5.56. The summed E-state index contributed by atoms with van der Waals surface area (Å²) >= 11 is 6.11. The van der Waals surface area contributed by atoms with Crippen LogP contribution in [0.25, 0.3) is 0 Å². The first-order valence-electron chi connectivity index (χ1n) is 10.8. The summed E-state index contributed by atoms with van der Waals surface area (Å²) in [4.78, 5) is 0. The van der Waals surface area contributed by atoms with Gasteiger partial charge in [-0.05, 0) is 54.4 Å². The van der Waals surface area contributed by atoms with E-state index in [1.54, 1.807) is 0 Å². The van der Waals surface area contributed by atoms with Crippen LogP contribution in [0.3, 0.4) is 0 Å². The molecule has 3 aromatic rings. The fourth-order valence-electron chi connectivity index (χ4n) is 4.13. The van der Waals surface area contributed by atoms with Crippen molar-refractivity contribution in [1.82, 2.24) is 5.01 Å². The maximum Gasteiger partial charge on any atom is 0.213 e. The second-order valence-electron chi connectivity index (χ2n) is 7.93. The first-order valence-corrected chi connectivity index (χ1v) is 11.2. The number of nitrogens with zero attached hydrogens (tertiary/aromatic N) is 2. The van der Waals surface area contributed by atoms with E-state index in [4.69, 9.17) is 26.2 Å². The van der Waals surface area contributed by atoms with Crippen molar-refractivity contribution in [3.63, 3.8) is 0 Å². The molecule has 5 rings (SSSR count). The lowest BCUT2D eigenvalue weighted by Crippen LogP contribution is -2.33. The molecule has 3 aromatic carbocycles. The van der Waals surface area contributed by atoms with Gasteiger partial charge in [-0.1, -0.05) is 55.3 Å². The minimum Gasteiger partial charge on any atom is -0.494 e. The summed E-state index contributed by atoms with van der Waals surface area (Å²) in [7, 11) is 0. The monoisotopic (exact) mass is 432 g/mol. The Bertz CT molecular complexity index is 1080. The highest BCUT2D eigenvalue weighted by Crippen LogP contribution is 2.47. The standard InChI is InChI=1S/C26H25ClN2O2/c1-2-3-16-30-21-14-10-18(11-15-21)23-17-24-22-6-4-5-7-25(22)31-26(29(24)28-23)19-8-12-20(27)13-9-19/h4-15,24,26H,2-3,16-17H2,1H3/t24-,26-/m0/s1. The van der Waals surface area contributed by atoms with Gasteiger partial charge in [-0.15, -0.1) is 0 Å². The minimum absolute atomic E-state index is 0.140. The number of ether oxygens (including phenoxy) is 2. The SMILES string of the molecule is CCCCOc1ccc(C2=NN3[C@@H](C2)c2ccccc2O[C@H]3c2ccc(Cl)cc2)cc1. The predicted octanol–water partition coefficient (Wildman–Crippen LogP) is 6.76. The van der Waals surface area contributed by atoms with Gasteiger partial charge in [-0.25, -0.2) is 5.01 Å².